The van der Waals surface area contributed by atoms with Gasteiger partial charge in [0.05, 0.1) is 13.7 Å². The van der Waals surface area contributed by atoms with Gasteiger partial charge in [-0.3, -0.25) is 0 Å². The predicted molar refractivity (Wildman–Crippen MR) is 65.9 cm³/mol. The van der Waals surface area contributed by atoms with Crippen LogP contribution in [0, 0.1) is 0 Å². The van der Waals surface area contributed by atoms with E-state index in [-0.39, 0.29) is 6.61 Å². The molecule has 0 fully saturated rings. The second-order valence-corrected chi connectivity index (χ2v) is 4.07. The summed E-state index contributed by atoms with van der Waals surface area (Å²) in [6.07, 6.45) is 0.931. The van der Waals surface area contributed by atoms with Gasteiger partial charge in [0.1, 0.15) is 5.75 Å². The maximum absolute atomic E-state index is 8.89. The van der Waals surface area contributed by atoms with E-state index in [2.05, 4.69) is 17.9 Å². The molecule has 0 aliphatic carbocycles. The van der Waals surface area contributed by atoms with Gasteiger partial charge >= 0.3 is 0 Å². The lowest BCUT2D eigenvalue weighted by Crippen LogP contribution is -2.33. The lowest BCUT2D eigenvalue weighted by Gasteiger charge is -2.24. The Hall–Kier alpha value is -1.06. The molecule has 1 N–H and O–H groups in total. The van der Waals surface area contributed by atoms with Crippen molar-refractivity contribution in [2.45, 2.75) is 19.4 Å². The van der Waals surface area contributed by atoms with Gasteiger partial charge in [0.15, 0.2) is 0 Å². The van der Waals surface area contributed by atoms with E-state index in [1.54, 1.807) is 7.11 Å². The molecular formula is C13H21NO2. The molecule has 0 saturated carbocycles. The fraction of sp³-hybridized carbons (Fsp3) is 0.538. The van der Waals surface area contributed by atoms with E-state index in [1.807, 2.05) is 25.2 Å². The second kappa shape index (κ2) is 6.51. The summed E-state index contributed by atoms with van der Waals surface area (Å²) in [5.41, 5.74) is 1.21. The fourth-order valence-electron chi connectivity index (χ4n) is 1.72. The number of para-hydroxylation sites is 1. The molecule has 1 aromatic carbocycles. The standard InChI is InChI=1S/C13H21NO2/c1-11(14(2)8-9-15)10-12-6-4-5-7-13(12)16-3/h4-7,11,15H,8-10H2,1-3H3. The first kappa shape index (κ1) is 13.0. The molecule has 0 amide bonds. The number of likely N-dealkylation sites (N-methyl/N-ethyl adjacent to an activating group) is 1. The summed E-state index contributed by atoms with van der Waals surface area (Å²) in [6.45, 7) is 3.06. The highest BCUT2D eigenvalue weighted by Crippen LogP contribution is 2.19. The van der Waals surface area contributed by atoms with Crippen LogP contribution in [0.4, 0.5) is 0 Å². The summed E-state index contributed by atoms with van der Waals surface area (Å²) in [7, 11) is 3.72. The van der Waals surface area contributed by atoms with Crippen LogP contribution in [0.25, 0.3) is 0 Å². The van der Waals surface area contributed by atoms with Crippen molar-refractivity contribution in [3.8, 4) is 5.75 Å². The molecule has 3 nitrogen and oxygen atoms in total. The number of nitrogens with zero attached hydrogens (tertiary/aromatic N) is 1. The second-order valence-electron chi connectivity index (χ2n) is 4.07. The smallest absolute Gasteiger partial charge is 0.122 e. The zero-order chi connectivity index (χ0) is 12.0. The number of benzene rings is 1. The van der Waals surface area contributed by atoms with E-state index in [4.69, 9.17) is 9.84 Å². The zero-order valence-corrected chi connectivity index (χ0v) is 10.3. The largest absolute Gasteiger partial charge is 0.496 e. The molecule has 0 spiro atoms. The summed E-state index contributed by atoms with van der Waals surface area (Å²) in [5.74, 6) is 0.937. The zero-order valence-electron chi connectivity index (χ0n) is 10.3. The van der Waals surface area contributed by atoms with E-state index in [9.17, 15) is 0 Å². The summed E-state index contributed by atoms with van der Waals surface area (Å²) in [4.78, 5) is 2.15. The minimum absolute atomic E-state index is 0.201. The first-order valence-corrected chi connectivity index (χ1v) is 5.62. The lowest BCUT2D eigenvalue weighted by atomic mass is 10.1. The van der Waals surface area contributed by atoms with Crippen LogP contribution >= 0.6 is 0 Å². The molecule has 1 unspecified atom stereocenters. The molecular weight excluding hydrogens is 202 g/mol. The Balaban J connectivity index is 2.64. The highest BCUT2D eigenvalue weighted by Gasteiger charge is 2.11. The van der Waals surface area contributed by atoms with E-state index in [1.165, 1.54) is 5.56 Å². The van der Waals surface area contributed by atoms with Crippen LogP contribution in [0.3, 0.4) is 0 Å². The molecule has 0 aliphatic rings. The molecule has 0 aliphatic heterocycles. The number of aliphatic hydroxyl groups excluding tert-OH is 1. The van der Waals surface area contributed by atoms with Crippen LogP contribution in [0.2, 0.25) is 0 Å². The maximum Gasteiger partial charge on any atom is 0.122 e. The first-order chi connectivity index (χ1) is 7.69. The van der Waals surface area contributed by atoms with Crippen LogP contribution in [0.5, 0.6) is 5.75 Å². The van der Waals surface area contributed by atoms with Crippen LogP contribution < -0.4 is 4.74 Å². The van der Waals surface area contributed by atoms with Crippen molar-refractivity contribution >= 4 is 0 Å². The summed E-state index contributed by atoms with van der Waals surface area (Å²) >= 11 is 0. The quantitative estimate of drug-likeness (QED) is 0.794. The minimum Gasteiger partial charge on any atom is -0.496 e. The van der Waals surface area contributed by atoms with E-state index >= 15 is 0 Å². The van der Waals surface area contributed by atoms with E-state index in [0.717, 1.165) is 12.2 Å². The van der Waals surface area contributed by atoms with Crippen LogP contribution in [-0.2, 0) is 6.42 Å². The van der Waals surface area contributed by atoms with Crippen molar-refractivity contribution < 1.29 is 9.84 Å². The fourth-order valence-corrected chi connectivity index (χ4v) is 1.72. The molecule has 0 radical (unpaired) electrons. The Morgan fingerprint density at radius 2 is 2.06 bits per heavy atom. The van der Waals surface area contributed by atoms with E-state index < -0.39 is 0 Å². The Labute approximate surface area is 97.7 Å². The van der Waals surface area contributed by atoms with Gasteiger partial charge in [-0.05, 0) is 32.0 Å². The summed E-state index contributed by atoms with van der Waals surface area (Å²) in [5, 5.41) is 8.89. The monoisotopic (exact) mass is 223 g/mol. The number of hydrogen-bond acceptors (Lipinski definition) is 3. The van der Waals surface area contributed by atoms with Gasteiger partial charge in [-0.15, -0.1) is 0 Å². The molecule has 16 heavy (non-hydrogen) atoms. The molecule has 3 heteroatoms. The van der Waals surface area contributed by atoms with Crippen molar-refractivity contribution in [3.63, 3.8) is 0 Å². The molecule has 90 valence electrons. The average Bonchev–Trinajstić information content (AvgIpc) is 2.30. The Kier molecular flexibility index (Phi) is 5.29. The van der Waals surface area contributed by atoms with Crippen LogP contribution in [-0.4, -0.2) is 43.4 Å². The van der Waals surface area contributed by atoms with Gasteiger partial charge in [0.25, 0.3) is 0 Å². The molecule has 0 saturated heterocycles. The normalized spacial score (nSPS) is 12.8. The number of aliphatic hydroxyl groups is 1. The van der Waals surface area contributed by atoms with E-state index in [0.29, 0.717) is 12.6 Å². The van der Waals surface area contributed by atoms with Gasteiger partial charge in [0.2, 0.25) is 0 Å². The van der Waals surface area contributed by atoms with Gasteiger partial charge in [-0.1, -0.05) is 18.2 Å². The topological polar surface area (TPSA) is 32.7 Å². The van der Waals surface area contributed by atoms with Crippen molar-refractivity contribution in [1.29, 1.82) is 0 Å². The molecule has 1 atom stereocenters. The summed E-state index contributed by atoms with van der Waals surface area (Å²) < 4.78 is 5.32. The third-order valence-corrected chi connectivity index (χ3v) is 2.91. The Bertz CT molecular complexity index is 315. The SMILES string of the molecule is COc1ccccc1CC(C)N(C)CCO. The Morgan fingerprint density at radius 3 is 2.69 bits per heavy atom. The van der Waals surface area contributed by atoms with Crippen LogP contribution in [0.15, 0.2) is 24.3 Å². The first-order valence-electron chi connectivity index (χ1n) is 5.62. The molecule has 0 bridgehead atoms. The third-order valence-electron chi connectivity index (χ3n) is 2.91. The van der Waals surface area contributed by atoms with Crippen molar-refractivity contribution in [2.24, 2.45) is 0 Å². The highest BCUT2D eigenvalue weighted by molar-refractivity contribution is 5.33. The number of hydrogen-bond donors (Lipinski definition) is 1. The van der Waals surface area contributed by atoms with Crippen molar-refractivity contribution in [1.82, 2.24) is 4.90 Å². The van der Waals surface area contributed by atoms with Gasteiger partial charge in [-0.2, -0.15) is 0 Å². The molecule has 0 aromatic heterocycles. The highest BCUT2D eigenvalue weighted by atomic mass is 16.5. The van der Waals surface area contributed by atoms with Crippen molar-refractivity contribution in [2.75, 3.05) is 27.3 Å². The minimum atomic E-state index is 0.201. The number of rotatable bonds is 6. The summed E-state index contributed by atoms with van der Waals surface area (Å²) in [6, 6.07) is 8.46. The number of methoxy groups -OCH3 is 1. The number of ether oxygens (including phenoxy) is 1. The lowest BCUT2D eigenvalue weighted by molar-refractivity contribution is 0.186. The maximum atomic E-state index is 8.89. The van der Waals surface area contributed by atoms with Gasteiger partial charge < -0.3 is 14.7 Å². The third kappa shape index (κ3) is 3.51. The Morgan fingerprint density at radius 1 is 1.38 bits per heavy atom. The molecule has 1 aromatic rings. The predicted octanol–water partition coefficient (Wildman–Crippen LogP) is 1.55. The van der Waals surface area contributed by atoms with Crippen molar-refractivity contribution in [3.05, 3.63) is 29.8 Å². The molecule has 1 rings (SSSR count). The van der Waals surface area contributed by atoms with Crippen LogP contribution in [0.1, 0.15) is 12.5 Å². The van der Waals surface area contributed by atoms with Gasteiger partial charge in [0, 0.05) is 12.6 Å². The molecule has 0 heterocycles. The van der Waals surface area contributed by atoms with Gasteiger partial charge in [-0.25, -0.2) is 0 Å². The average molecular weight is 223 g/mol.